The number of hydrogen-bond donors (Lipinski definition) is 0. The van der Waals surface area contributed by atoms with E-state index in [0.717, 1.165) is 6.04 Å². The topological polar surface area (TPSA) is 6.48 Å². The molecule has 2 nitrogen and oxygen atoms in total. The molecule has 0 radical (unpaired) electrons. The van der Waals surface area contributed by atoms with Crippen LogP contribution in [0.2, 0.25) is 0 Å². The monoisotopic (exact) mass is 282 g/mol. The van der Waals surface area contributed by atoms with Crippen molar-refractivity contribution in [2.24, 2.45) is 0 Å². The number of halogens is 1. The molecule has 0 aromatic carbocycles. The minimum atomic E-state index is 0.728. The van der Waals surface area contributed by atoms with Gasteiger partial charge in [0.1, 0.15) is 0 Å². The van der Waals surface area contributed by atoms with Gasteiger partial charge in [-0.15, -0.1) is 0 Å². The standard InChI is InChI=1S/C9H19IN2/c1-9(2)12-7-5-11(4-3-10)6-8-12/h9H,3-8H2,1-2H3. The highest BCUT2D eigenvalue weighted by Gasteiger charge is 2.17. The largest absolute Gasteiger partial charge is 0.300 e. The predicted octanol–water partition coefficient (Wildman–Crippen LogP) is 1.45. The van der Waals surface area contributed by atoms with Crippen LogP contribution in [0, 0.1) is 0 Å². The van der Waals surface area contributed by atoms with Gasteiger partial charge in [0, 0.05) is 43.2 Å². The first kappa shape index (κ1) is 10.7. The molecule has 0 amide bonds. The quantitative estimate of drug-likeness (QED) is 0.571. The van der Waals surface area contributed by atoms with Crippen molar-refractivity contribution in [2.75, 3.05) is 37.2 Å². The van der Waals surface area contributed by atoms with E-state index >= 15 is 0 Å². The molecule has 0 saturated carbocycles. The molecule has 72 valence electrons. The van der Waals surface area contributed by atoms with Gasteiger partial charge in [-0.2, -0.15) is 0 Å². The second-order valence-electron chi connectivity index (χ2n) is 3.66. The lowest BCUT2D eigenvalue weighted by molar-refractivity contribution is 0.114. The average Bonchev–Trinajstić information content (AvgIpc) is 2.06. The molecule has 1 rings (SSSR count). The number of piperazine rings is 1. The van der Waals surface area contributed by atoms with Gasteiger partial charge in [0.05, 0.1) is 0 Å². The van der Waals surface area contributed by atoms with Gasteiger partial charge in [0.25, 0.3) is 0 Å². The van der Waals surface area contributed by atoms with Gasteiger partial charge in [-0.25, -0.2) is 0 Å². The van der Waals surface area contributed by atoms with Crippen LogP contribution in [0.4, 0.5) is 0 Å². The molecular weight excluding hydrogens is 263 g/mol. The predicted molar refractivity (Wildman–Crippen MR) is 62.0 cm³/mol. The molecule has 1 heterocycles. The third kappa shape index (κ3) is 3.18. The lowest BCUT2D eigenvalue weighted by Crippen LogP contribution is -2.49. The summed E-state index contributed by atoms with van der Waals surface area (Å²) in [6.07, 6.45) is 0. The van der Waals surface area contributed by atoms with Crippen LogP contribution in [0.3, 0.4) is 0 Å². The average molecular weight is 282 g/mol. The van der Waals surface area contributed by atoms with Gasteiger partial charge in [-0.1, -0.05) is 22.6 Å². The zero-order chi connectivity index (χ0) is 8.97. The third-order valence-electron chi connectivity index (χ3n) is 2.54. The molecule has 1 fully saturated rings. The smallest absolute Gasteiger partial charge is 0.0123 e. The molecule has 0 unspecified atom stereocenters. The molecule has 1 aliphatic heterocycles. The Morgan fingerprint density at radius 3 is 2.17 bits per heavy atom. The fourth-order valence-corrected chi connectivity index (χ4v) is 2.31. The maximum atomic E-state index is 2.56. The summed E-state index contributed by atoms with van der Waals surface area (Å²) in [7, 11) is 0. The molecule has 1 saturated heterocycles. The minimum absolute atomic E-state index is 0.728. The zero-order valence-electron chi connectivity index (χ0n) is 8.09. The van der Waals surface area contributed by atoms with Gasteiger partial charge >= 0.3 is 0 Å². The Hall–Kier alpha value is 0.650. The second kappa shape index (κ2) is 5.40. The lowest BCUT2D eigenvalue weighted by Gasteiger charge is -2.36. The van der Waals surface area contributed by atoms with Gasteiger partial charge < -0.3 is 4.90 Å². The molecule has 0 aromatic heterocycles. The van der Waals surface area contributed by atoms with E-state index in [-0.39, 0.29) is 0 Å². The number of alkyl halides is 1. The van der Waals surface area contributed by atoms with Crippen molar-refractivity contribution in [1.82, 2.24) is 9.80 Å². The maximum absolute atomic E-state index is 2.56. The van der Waals surface area contributed by atoms with Crippen molar-refractivity contribution < 1.29 is 0 Å². The minimum Gasteiger partial charge on any atom is -0.300 e. The van der Waals surface area contributed by atoms with Crippen molar-refractivity contribution in [3.05, 3.63) is 0 Å². The van der Waals surface area contributed by atoms with Crippen molar-refractivity contribution >= 4 is 22.6 Å². The zero-order valence-corrected chi connectivity index (χ0v) is 10.2. The van der Waals surface area contributed by atoms with E-state index in [9.17, 15) is 0 Å². The molecule has 0 bridgehead atoms. The SMILES string of the molecule is CC(C)N1CCN(CCI)CC1. The first-order valence-electron chi connectivity index (χ1n) is 4.76. The Balaban J connectivity index is 2.20. The molecular formula is C9H19IN2. The van der Waals surface area contributed by atoms with Crippen LogP contribution in [-0.4, -0.2) is 53.0 Å². The van der Waals surface area contributed by atoms with Gasteiger partial charge in [0.2, 0.25) is 0 Å². The van der Waals surface area contributed by atoms with Crippen LogP contribution in [0.1, 0.15) is 13.8 Å². The summed E-state index contributed by atoms with van der Waals surface area (Å²) < 4.78 is 1.26. The fraction of sp³-hybridized carbons (Fsp3) is 1.00. The summed E-state index contributed by atoms with van der Waals surface area (Å²) >= 11 is 2.45. The van der Waals surface area contributed by atoms with Crippen LogP contribution in [0.25, 0.3) is 0 Å². The van der Waals surface area contributed by atoms with E-state index in [1.807, 2.05) is 0 Å². The summed E-state index contributed by atoms with van der Waals surface area (Å²) in [6.45, 7) is 10.9. The maximum Gasteiger partial charge on any atom is 0.0123 e. The lowest BCUT2D eigenvalue weighted by atomic mass is 10.2. The first-order valence-corrected chi connectivity index (χ1v) is 6.29. The van der Waals surface area contributed by atoms with Crippen LogP contribution in [0.15, 0.2) is 0 Å². The molecule has 0 spiro atoms. The van der Waals surface area contributed by atoms with Crippen molar-refractivity contribution in [1.29, 1.82) is 0 Å². The summed E-state index contributed by atoms with van der Waals surface area (Å²) in [4.78, 5) is 5.12. The Labute approximate surface area is 89.4 Å². The molecule has 1 aliphatic rings. The number of rotatable bonds is 3. The van der Waals surface area contributed by atoms with Gasteiger partial charge in [-0.05, 0) is 13.8 Å². The van der Waals surface area contributed by atoms with E-state index in [0.29, 0.717) is 0 Å². The summed E-state index contributed by atoms with van der Waals surface area (Å²) in [6, 6.07) is 0.728. The van der Waals surface area contributed by atoms with Crippen LogP contribution >= 0.6 is 22.6 Å². The van der Waals surface area contributed by atoms with Crippen LogP contribution < -0.4 is 0 Å². The van der Waals surface area contributed by atoms with E-state index in [1.165, 1.54) is 37.2 Å². The normalized spacial score (nSPS) is 22.0. The summed E-state index contributed by atoms with van der Waals surface area (Å²) in [5, 5.41) is 0. The van der Waals surface area contributed by atoms with E-state index < -0.39 is 0 Å². The Bertz CT molecular complexity index is 120. The third-order valence-corrected chi connectivity index (χ3v) is 3.02. The summed E-state index contributed by atoms with van der Waals surface area (Å²) in [5.41, 5.74) is 0. The van der Waals surface area contributed by atoms with Crippen molar-refractivity contribution in [3.63, 3.8) is 0 Å². The first-order chi connectivity index (χ1) is 5.74. The van der Waals surface area contributed by atoms with Crippen LogP contribution in [-0.2, 0) is 0 Å². The van der Waals surface area contributed by atoms with E-state index in [2.05, 4.69) is 46.2 Å². The Morgan fingerprint density at radius 2 is 1.75 bits per heavy atom. The highest BCUT2D eigenvalue weighted by molar-refractivity contribution is 14.1. The molecule has 0 atom stereocenters. The molecule has 0 N–H and O–H groups in total. The molecule has 0 aliphatic carbocycles. The highest BCUT2D eigenvalue weighted by atomic mass is 127. The van der Waals surface area contributed by atoms with Crippen molar-refractivity contribution in [3.8, 4) is 0 Å². The van der Waals surface area contributed by atoms with Crippen LogP contribution in [0.5, 0.6) is 0 Å². The molecule has 0 aromatic rings. The fourth-order valence-electron chi connectivity index (χ4n) is 1.62. The number of nitrogens with zero attached hydrogens (tertiary/aromatic N) is 2. The van der Waals surface area contributed by atoms with Gasteiger partial charge in [0.15, 0.2) is 0 Å². The van der Waals surface area contributed by atoms with Crippen molar-refractivity contribution in [2.45, 2.75) is 19.9 Å². The van der Waals surface area contributed by atoms with E-state index in [4.69, 9.17) is 0 Å². The van der Waals surface area contributed by atoms with Gasteiger partial charge in [-0.3, -0.25) is 4.90 Å². The molecule has 3 heteroatoms. The Kier molecular flexibility index (Phi) is 4.82. The number of hydrogen-bond acceptors (Lipinski definition) is 2. The molecule has 12 heavy (non-hydrogen) atoms. The Morgan fingerprint density at radius 1 is 1.17 bits per heavy atom. The van der Waals surface area contributed by atoms with E-state index in [1.54, 1.807) is 0 Å². The summed E-state index contributed by atoms with van der Waals surface area (Å²) in [5.74, 6) is 0. The highest BCUT2D eigenvalue weighted by Crippen LogP contribution is 2.05. The second-order valence-corrected chi connectivity index (χ2v) is 4.74.